The summed E-state index contributed by atoms with van der Waals surface area (Å²) < 4.78 is 31.4. The molecule has 0 radical (unpaired) electrons. The quantitative estimate of drug-likeness (QED) is 0.277. The molecule has 3 aromatic rings. The highest BCUT2D eigenvalue weighted by molar-refractivity contribution is 7.93. The number of benzene rings is 3. The Morgan fingerprint density at radius 1 is 1.02 bits per heavy atom. The molecule has 2 aliphatic heterocycles. The number of nitrogens with two attached hydrogens (primary N) is 1. The van der Waals surface area contributed by atoms with Crippen LogP contribution in [0.1, 0.15) is 52.4 Å². The van der Waals surface area contributed by atoms with Crippen LogP contribution in [-0.2, 0) is 9.73 Å². The van der Waals surface area contributed by atoms with Gasteiger partial charge in [0, 0.05) is 62.3 Å². The minimum atomic E-state index is -3.12. The Hall–Kier alpha value is -4.14. The van der Waals surface area contributed by atoms with Crippen molar-refractivity contribution >= 4 is 32.7 Å². The van der Waals surface area contributed by atoms with Crippen LogP contribution in [0.5, 0.6) is 0 Å². The van der Waals surface area contributed by atoms with Gasteiger partial charge in [0.15, 0.2) is 0 Å². The number of piperidine rings is 1. The number of carbonyl (C=O) groups is 1. The lowest BCUT2D eigenvalue weighted by Gasteiger charge is -2.42. The first kappa shape index (κ1) is 32.3. The number of nitrogens with zero attached hydrogens (tertiary/aromatic N) is 5. The summed E-state index contributed by atoms with van der Waals surface area (Å²) in [6, 6.07) is 16.8. The Kier molecular flexibility index (Phi) is 9.37. The third-order valence-electron chi connectivity index (χ3n) is 9.15. The third-order valence-corrected chi connectivity index (χ3v) is 10.7. The lowest BCUT2D eigenvalue weighted by Crippen LogP contribution is -2.54. The van der Waals surface area contributed by atoms with Crippen molar-refractivity contribution in [2.75, 3.05) is 54.1 Å². The van der Waals surface area contributed by atoms with Gasteiger partial charge in [0.2, 0.25) is 0 Å². The van der Waals surface area contributed by atoms with Crippen LogP contribution in [0.15, 0.2) is 57.9 Å². The number of para-hydroxylation sites is 1. The van der Waals surface area contributed by atoms with E-state index in [1.165, 1.54) is 12.3 Å². The van der Waals surface area contributed by atoms with Gasteiger partial charge in [-0.3, -0.25) is 4.79 Å². The van der Waals surface area contributed by atoms with Crippen molar-refractivity contribution < 1.29 is 13.4 Å². The molecule has 0 aromatic heterocycles. The van der Waals surface area contributed by atoms with Gasteiger partial charge in [0.1, 0.15) is 16.8 Å². The Labute approximate surface area is 266 Å². The highest BCUT2D eigenvalue weighted by Crippen LogP contribution is 2.34. The standard InChI is InChI=1S/C34H42FN7O2S/c1-22-19-23(2)32(38-27-13-15-40(16-14-27)29-11-7-6-9-26(29)20-36)25(4)31(22)34(43)42-18-17-41(21-24(42)3)30-12-8-10-28(35)33(30)45(5,44)39-37/h6-12,19,24,27,38H,13-18,21,37H2,1-5H3/t24-,45+/m0/s1. The van der Waals surface area contributed by atoms with E-state index in [4.69, 9.17) is 5.84 Å². The van der Waals surface area contributed by atoms with E-state index in [-0.39, 0.29) is 22.9 Å². The summed E-state index contributed by atoms with van der Waals surface area (Å²) in [6.45, 7) is 11.1. The molecule has 3 N–H and O–H groups in total. The maximum absolute atomic E-state index is 14.9. The van der Waals surface area contributed by atoms with Gasteiger partial charge in [-0.15, -0.1) is 4.47 Å². The fourth-order valence-electron chi connectivity index (χ4n) is 6.85. The van der Waals surface area contributed by atoms with Gasteiger partial charge < -0.3 is 20.0 Å². The highest BCUT2D eigenvalue weighted by Gasteiger charge is 2.33. The first-order chi connectivity index (χ1) is 21.5. The van der Waals surface area contributed by atoms with E-state index in [9.17, 15) is 18.7 Å². The molecule has 238 valence electrons. The number of hydrogen-bond acceptors (Lipinski definition) is 7. The molecule has 0 saturated carbocycles. The van der Waals surface area contributed by atoms with Crippen molar-refractivity contribution in [1.82, 2.24) is 4.90 Å². The Bertz CT molecular complexity index is 1770. The monoisotopic (exact) mass is 631 g/mol. The first-order valence-corrected chi connectivity index (χ1v) is 17.3. The number of nitriles is 1. The number of halogens is 1. The van der Waals surface area contributed by atoms with Crippen LogP contribution < -0.4 is 21.0 Å². The van der Waals surface area contributed by atoms with Gasteiger partial charge >= 0.3 is 0 Å². The third kappa shape index (κ3) is 6.35. The SMILES string of the molecule is Cc1cc(C)c(C(=O)N2CCN(c3cccc(F)c3[S@@](C)(=O)=NN)C[C@@H]2C)c(C)c1NC1CCN(c2ccccc2C#N)CC1. The largest absolute Gasteiger partial charge is 0.382 e. The molecule has 11 heteroatoms. The van der Waals surface area contributed by atoms with E-state index < -0.39 is 15.5 Å². The summed E-state index contributed by atoms with van der Waals surface area (Å²) in [5.74, 6) is 4.77. The highest BCUT2D eigenvalue weighted by atomic mass is 32.2. The molecule has 2 aliphatic rings. The number of hydrogen-bond donors (Lipinski definition) is 2. The summed E-state index contributed by atoms with van der Waals surface area (Å²) in [5, 5.41) is 13.3. The molecule has 0 unspecified atom stereocenters. The second kappa shape index (κ2) is 13.1. The smallest absolute Gasteiger partial charge is 0.254 e. The normalized spacial score (nSPS) is 18.7. The predicted octanol–water partition coefficient (Wildman–Crippen LogP) is 5.38. The zero-order valence-electron chi connectivity index (χ0n) is 26.6. The summed E-state index contributed by atoms with van der Waals surface area (Å²) in [5.41, 5.74) is 6.84. The molecular formula is C34H42FN7O2S. The molecule has 3 aromatic carbocycles. The van der Waals surface area contributed by atoms with E-state index in [0.717, 1.165) is 54.0 Å². The number of anilines is 3. The molecule has 0 bridgehead atoms. The van der Waals surface area contributed by atoms with Crippen molar-refractivity contribution in [3.8, 4) is 6.07 Å². The van der Waals surface area contributed by atoms with Crippen molar-refractivity contribution in [3.05, 3.63) is 82.2 Å². The lowest BCUT2D eigenvalue weighted by molar-refractivity contribution is 0.0672. The molecule has 2 saturated heterocycles. The second-order valence-electron chi connectivity index (χ2n) is 12.2. The van der Waals surface area contributed by atoms with Crippen molar-refractivity contribution in [2.45, 2.75) is 57.5 Å². The summed E-state index contributed by atoms with van der Waals surface area (Å²) >= 11 is 0. The Morgan fingerprint density at radius 2 is 1.71 bits per heavy atom. The Morgan fingerprint density at radius 3 is 2.38 bits per heavy atom. The van der Waals surface area contributed by atoms with Crippen LogP contribution >= 0.6 is 0 Å². The molecule has 2 atom stereocenters. The first-order valence-electron chi connectivity index (χ1n) is 15.3. The van der Waals surface area contributed by atoms with Crippen LogP contribution in [0.2, 0.25) is 0 Å². The number of nitrogens with one attached hydrogen (secondary N) is 1. The molecule has 1 amide bonds. The molecule has 2 heterocycles. The van der Waals surface area contributed by atoms with E-state index in [0.29, 0.717) is 36.4 Å². The van der Waals surface area contributed by atoms with E-state index in [1.807, 2.05) is 54.8 Å². The van der Waals surface area contributed by atoms with Crippen molar-refractivity contribution in [1.29, 1.82) is 5.26 Å². The maximum Gasteiger partial charge on any atom is 0.254 e. The molecule has 9 nitrogen and oxygen atoms in total. The lowest BCUT2D eigenvalue weighted by atomic mass is 9.94. The predicted molar refractivity (Wildman–Crippen MR) is 179 cm³/mol. The summed E-state index contributed by atoms with van der Waals surface area (Å²) in [7, 11) is -3.12. The fraction of sp³-hybridized carbons (Fsp3) is 0.412. The molecular weight excluding hydrogens is 589 g/mol. The topological polar surface area (TPSA) is 118 Å². The Balaban J connectivity index is 1.32. The van der Waals surface area contributed by atoms with Crippen LogP contribution in [0, 0.1) is 37.9 Å². The molecule has 2 fully saturated rings. The number of aryl methyl sites for hydroxylation is 2. The average Bonchev–Trinajstić information content (AvgIpc) is 3.02. The van der Waals surface area contributed by atoms with Gasteiger partial charge in [-0.2, -0.15) is 5.26 Å². The number of amides is 1. The zero-order chi connectivity index (χ0) is 32.5. The minimum Gasteiger partial charge on any atom is -0.382 e. The van der Waals surface area contributed by atoms with Gasteiger partial charge in [0.05, 0.1) is 26.7 Å². The number of piperazine rings is 1. The van der Waals surface area contributed by atoms with Crippen LogP contribution in [0.25, 0.3) is 0 Å². The van der Waals surface area contributed by atoms with Gasteiger partial charge in [-0.1, -0.05) is 24.3 Å². The molecule has 45 heavy (non-hydrogen) atoms. The maximum atomic E-state index is 14.9. The molecule has 0 aliphatic carbocycles. The van der Waals surface area contributed by atoms with Gasteiger partial charge in [-0.05, 0) is 81.5 Å². The van der Waals surface area contributed by atoms with Crippen molar-refractivity contribution in [2.24, 2.45) is 10.3 Å². The second-order valence-corrected chi connectivity index (χ2v) is 14.4. The average molecular weight is 632 g/mol. The van der Waals surface area contributed by atoms with Crippen LogP contribution in [0.4, 0.5) is 21.5 Å². The minimum absolute atomic E-state index is 0.000483. The van der Waals surface area contributed by atoms with Crippen LogP contribution in [-0.4, -0.2) is 66.1 Å². The number of carbonyl (C=O) groups excluding carboxylic acids is 1. The van der Waals surface area contributed by atoms with Crippen LogP contribution in [0.3, 0.4) is 0 Å². The fourth-order valence-corrected chi connectivity index (χ4v) is 7.97. The molecule has 0 spiro atoms. The van der Waals surface area contributed by atoms with E-state index >= 15 is 0 Å². The summed E-state index contributed by atoms with van der Waals surface area (Å²) in [6.07, 6.45) is 3.17. The molecule has 5 rings (SSSR count). The van der Waals surface area contributed by atoms with E-state index in [1.54, 1.807) is 12.1 Å². The van der Waals surface area contributed by atoms with Gasteiger partial charge in [-0.25, -0.2) is 14.4 Å². The summed E-state index contributed by atoms with van der Waals surface area (Å²) in [4.78, 5) is 20.3. The number of rotatable bonds is 6. The van der Waals surface area contributed by atoms with Crippen molar-refractivity contribution in [3.63, 3.8) is 0 Å². The van der Waals surface area contributed by atoms with E-state index in [2.05, 4.69) is 33.7 Å². The van der Waals surface area contributed by atoms with Gasteiger partial charge in [0.25, 0.3) is 5.91 Å². The zero-order valence-corrected chi connectivity index (χ0v) is 27.5.